The number of thiophene rings is 1. The lowest BCUT2D eigenvalue weighted by atomic mass is 10.1. The molecule has 1 aromatic carbocycles. The van der Waals surface area contributed by atoms with Crippen LogP contribution in [0.4, 0.5) is 5.00 Å². The number of hydrogen-bond acceptors (Lipinski definition) is 3. The largest absolute Gasteiger partial charge is 0.478 e. The van der Waals surface area contributed by atoms with E-state index in [1.807, 2.05) is 37.3 Å². The van der Waals surface area contributed by atoms with Crippen molar-refractivity contribution in [2.75, 3.05) is 5.73 Å². The molecule has 2 aromatic rings. The fourth-order valence-corrected chi connectivity index (χ4v) is 2.90. The van der Waals surface area contributed by atoms with Crippen molar-refractivity contribution in [1.29, 1.82) is 0 Å². The highest BCUT2D eigenvalue weighted by molar-refractivity contribution is 7.16. The van der Waals surface area contributed by atoms with Gasteiger partial charge >= 0.3 is 5.97 Å². The Labute approximate surface area is 104 Å². The molecule has 0 aliphatic rings. The molecule has 0 saturated heterocycles. The van der Waals surface area contributed by atoms with Crippen molar-refractivity contribution in [1.82, 2.24) is 0 Å². The number of hydrogen-bond donors (Lipinski definition) is 2. The third-order valence-corrected chi connectivity index (χ3v) is 3.82. The van der Waals surface area contributed by atoms with Crippen molar-refractivity contribution in [2.24, 2.45) is 0 Å². The summed E-state index contributed by atoms with van der Waals surface area (Å²) in [6.45, 7) is 1.81. The van der Waals surface area contributed by atoms with Crippen molar-refractivity contribution in [2.45, 2.75) is 13.3 Å². The number of carboxylic acids is 1. The highest BCUT2D eigenvalue weighted by atomic mass is 32.1. The minimum absolute atomic E-state index is 0.251. The maximum atomic E-state index is 11.0. The molecule has 17 heavy (non-hydrogen) atoms. The number of rotatable bonds is 3. The van der Waals surface area contributed by atoms with Gasteiger partial charge in [-0.3, -0.25) is 0 Å². The fourth-order valence-electron chi connectivity index (χ4n) is 1.80. The Kier molecular flexibility index (Phi) is 3.15. The first-order chi connectivity index (χ1) is 8.09. The number of anilines is 1. The predicted octanol–water partition coefficient (Wildman–Crippen LogP) is 2.93. The number of aromatic carboxylic acids is 1. The van der Waals surface area contributed by atoms with Gasteiger partial charge in [-0.05, 0) is 18.1 Å². The Morgan fingerprint density at radius 3 is 2.53 bits per heavy atom. The molecule has 3 nitrogen and oxygen atoms in total. The minimum atomic E-state index is -0.949. The van der Waals surface area contributed by atoms with Crippen LogP contribution in [-0.2, 0) is 6.42 Å². The molecular weight excluding hydrogens is 234 g/mol. The van der Waals surface area contributed by atoms with Crippen LogP contribution in [0.25, 0.3) is 0 Å². The number of carboxylic acid groups (broad SMARTS) is 1. The number of carbonyl (C=O) groups is 1. The second-order valence-corrected chi connectivity index (χ2v) is 4.99. The number of benzene rings is 1. The van der Waals surface area contributed by atoms with E-state index in [1.54, 1.807) is 0 Å². The lowest BCUT2D eigenvalue weighted by molar-refractivity contribution is 0.0697. The van der Waals surface area contributed by atoms with Gasteiger partial charge in [0.25, 0.3) is 0 Å². The molecule has 0 radical (unpaired) electrons. The van der Waals surface area contributed by atoms with E-state index in [2.05, 4.69) is 0 Å². The van der Waals surface area contributed by atoms with Crippen LogP contribution in [0.5, 0.6) is 0 Å². The normalized spacial score (nSPS) is 10.4. The van der Waals surface area contributed by atoms with Crippen LogP contribution in [0, 0.1) is 6.92 Å². The maximum Gasteiger partial charge on any atom is 0.338 e. The van der Waals surface area contributed by atoms with Crippen molar-refractivity contribution in [3.63, 3.8) is 0 Å². The van der Waals surface area contributed by atoms with Gasteiger partial charge in [0.15, 0.2) is 0 Å². The lowest BCUT2D eigenvalue weighted by Crippen LogP contribution is -2.00. The molecule has 1 heterocycles. The first-order valence-corrected chi connectivity index (χ1v) is 6.06. The van der Waals surface area contributed by atoms with E-state index in [-0.39, 0.29) is 5.56 Å². The molecule has 0 amide bonds. The minimum Gasteiger partial charge on any atom is -0.478 e. The van der Waals surface area contributed by atoms with Gasteiger partial charge in [-0.2, -0.15) is 0 Å². The van der Waals surface area contributed by atoms with Crippen molar-refractivity contribution >= 4 is 22.3 Å². The van der Waals surface area contributed by atoms with E-state index >= 15 is 0 Å². The zero-order valence-electron chi connectivity index (χ0n) is 9.43. The molecule has 0 bridgehead atoms. The first kappa shape index (κ1) is 11.7. The zero-order valence-corrected chi connectivity index (χ0v) is 10.3. The van der Waals surface area contributed by atoms with Gasteiger partial charge in [-0.15, -0.1) is 11.3 Å². The van der Waals surface area contributed by atoms with E-state index in [0.29, 0.717) is 5.00 Å². The maximum absolute atomic E-state index is 11.0. The molecule has 0 fully saturated rings. The molecule has 2 rings (SSSR count). The molecule has 1 aromatic heterocycles. The number of nitrogens with two attached hydrogens (primary N) is 1. The standard InChI is InChI=1S/C13H13NO2S/c1-8-10(7-9-5-3-2-4-6-9)17-12(14)11(8)13(15)16/h2-6H,7,14H2,1H3,(H,15,16). The van der Waals surface area contributed by atoms with E-state index in [9.17, 15) is 4.79 Å². The summed E-state index contributed by atoms with van der Waals surface area (Å²) in [4.78, 5) is 12.1. The van der Waals surface area contributed by atoms with Crippen LogP contribution < -0.4 is 5.73 Å². The molecule has 0 aliphatic heterocycles. The molecule has 3 N–H and O–H groups in total. The molecule has 0 saturated carbocycles. The molecule has 88 valence electrons. The monoisotopic (exact) mass is 247 g/mol. The van der Waals surface area contributed by atoms with E-state index in [1.165, 1.54) is 11.3 Å². The van der Waals surface area contributed by atoms with Crippen molar-refractivity contribution < 1.29 is 9.90 Å². The second-order valence-electron chi connectivity index (χ2n) is 3.86. The quantitative estimate of drug-likeness (QED) is 0.876. The Morgan fingerprint density at radius 1 is 1.35 bits per heavy atom. The molecule has 0 unspecified atom stereocenters. The van der Waals surface area contributed by atoms with Gasteiger partial charge in [0.05, 0.1) is 5.56 Å². The van der Waals surface area contributed by atoms with Crippen molar-refractivity contribution in [3.05, 3.63) is 51.9 Å². The first-order valence-electron chi connectivity index (χ1n) is 5.24. The van der Waals surface area contributed by atoms with Gasteiger partial charge in [-0.25, -0.2) is 4.79 Å². The van der Waals surface area contributed by atoms with E-state index in [0.717, 1.165) is 22.4 Å². The SMILES string of the molecule is Cc1c(Cc2ccccc2)sc(N)c1C(=O)O. The van der Waals surface area contributed by atoms with Crippen LogP contribution in [0.2, 0.25) is 0 Å². The summed E-state index contributed by atoms with van der Waals surface area (Å²) < 4.78 is 0. The van der Waals surface area contributed by atoms with Crippen LogP contribution >= 0.6 is 11.3 Å². The van der Waals surface area contributed by atoms with Crippen LogP contribution in [0.3, 0.4) is 0 Å². The molecule has 0 spiro atoms. The van der Waals surface area contributed by atoms with E-state index < -0.39 is 5.97 Å². The van der Waals surface area contributed by atoms with Gasteiger partial charge in [0.1, 0.15) is 5.00 Å². The van der Waals surface area contributed by atoms with E-state index in [4.69, 9.17) is 10.8 Å². The molecule has 0 atom stereocenters. The highest BCUT2D eigenvalue weighted by Gasteiger charge is 2.18. The van der Waals surface area contributed by atoms with Crippen LogP contribution in [0.15, 0.2) is 30.3 Å². The third kappa shape index (κ3) is 2.31. The van der Waals surface area contributed by atoms with Crippen LogP contribution in [0.1, 0.15) is 26.4 Å². The van der Waals surface area contributed by atoms with Gasteiger partial charge in [0, 0.05) is 11.3 Å². The Morgan fingerprint density at radius 2 is 2.00 bits per heavy atom. The summed E-state index contributed by atoms with van der Waals surface area (Å²) >= 11 is 1.36. The fraction of sp³-hybridized carbons (Fsp3) is 0.154. The Hall–Kier alpha value is -1.81. The Bertz CT molecular complexity index is 546. The zero-order chi connectivity index (χ0) is 12.4. The molecular formula is C13H13NO2S. The lowest BCUT2D eigenvalue weighted by Gasteiger charge is -2.00. The summed E-state index contributed by atoms with van der Waals surface area (Å²) in [6.07, 6.45) is 0.731. The average Bonchev–Trinajstić information content (AvgIpc) is 2.55. The third-order valence-electron chi connectivity index (χ3n) is 2.69. The predicted molar refractivity (Wildman–Crippen MR) is 69.7 cm³/mol. The summed E-state index contributed by atoms with van der Waals surface area (Å²) in [5, 5.41) is 9.44. The Balaban J connectivity index is 2.35. The van der Waals surface area contributed by atoms with Gasteiger partial charge in [-0.1, -0.05) is 30.3 Å². The summed E-state index contributed by atoms with van der Waals surface area (Å²) in [7, 11) is 0. The average molecular weight is 247 g/mol. The van der Waals surface area contributed by atoms with Gasteiger partial charge in [0.2, 0.25) is 0 Å². The molecule has 0 aliphatic carbocycles. The van der Waals surface area contributed by atoms with Crippen molar-refractivity contribution in [3.8, 4) is 0 Å². The summed E-state index contributed by atoms with van der Waals surface area (Å²) in [5.74, 6) is -0.949. The topological polar surface area (TPSA) is 63.3 Å². The molecule has 4 heteroatoms. The number of nitrogen functional groups attached to an aromatic ring is 1. The summed E-state index contributed by atoms with van der Waals surface area (Å²) in [5.41, 5.74) is 7.93. The second kappa shape index (κ2) is 4.59. The van der Waals surface area contributed by atoms with Gasteiger partial charge < -0.3 is 10.8 Å². The van der Waals surface area contributed by atoms with Crippen LogP contribution in [-0.4, -0.2) is 11.1 Å². The smallest absolute Gasteiger partial charge is 0.338 e. The summed E-state index contributed by atoms with van der Waals surface area (Å²) in [6, 6.07) is 9.95. The highest BCUT2D eigenvalue weighted by Crippen LogP contribution is 2.31.